The molecular formula is C17H20N4O3. The maximum Gasteiger partial charge on any atom is 0.271 e. The van der Waals surface area contributed by atoms with Gasteiger partial charge in [0.15, 0.2) is 11.5 Å². The van der Waals surface area contributed by atoms with Gasteiger partial charge in [0.1, 0.15) is 11.5 Å². The van der Waals surface area contributed by atoms with Gasteiger partial charge in [0, 0.05) is 12.6 Å². The second-order valence-electron chi connectivity index (χ2n) is 5.61. The predicted octanol–water partition coefficient (Wildman–Crippen LogP) is 2.35. The number of nitrogens with zero attached hydrogens (tertiary/aromatic N) is 2. The van der Waals surface area contributed by atoms with Gasteiger partial charge in [0.05, 0.1) is 12.4 Å². The SMILES string of the molecule is CCC(C)Nc1cnc(C(=O)NCc2ccc3c(c2)OCO3)cn1. The number of fused-ring (bicyclic) bond motifs is 1. The van der Waals surface area contributed by atoms with Crippen LogP contribution in [0.25, 0.3) is 0 Å². The lowest BCUT2D eigenvalue weighted by Crippen LogP contribution is -2.24. The summed E-state index contributed by atoms with van der Waals surface area (Å²) in [4.78, 5) is 20.5. The maximum atomic E-state index is 12.2. The van der Waals surface area contributed by atoms with Crippen molar-refractivity contribution >= 4 is 11.7 Å². The molecule has 0 aliphatic carbocycles. The van der Waals surface area contributed by atoms with Gasteiger partial charge in [0.2, 0.25) is 6.79 Å². The molecule has 24 heavy (non-hydrogen) atoms. The van der Waals surface area contributed by atoms with Gasteiger partial charge < -0.3 is 20.1 Å². The molecule has 1 aliphatic heterocycles. The molecule has 0 fully saturated rings. The van der Waals surface area contributed by atoms with Crippen molar-refractivity contribution in [3.63, 3.8) is 0 Å². The molecule has 3 rings (SSSR count). The molecule has 0 radical (unpaired) electrons. The minimum absolute atomic E-state index is 0.234. The van der Waals surface area contributed by atoms with Crippen molar-refractivity contribution < 1.29 is 14.3 Å². The Morgan fingerprint density at radius 3 is 2.83 bits per heavy atom. The molecule has 1 atom stereocenters. The van der Waals surface area contributed by atoms with Crippen LogP contribution in [0.1, 0.15) is 36.3 Å². The van der Waals surface area contributed by atoms with Gasteiger partial charge in [-0.15, -0.1) is 0 Å². The van der Waals surface area contributed by atoms with Crippen LogP contribution in [0.2, 0.25) is 0 Å². The van der Waals surface area contributed by atoms with E-state index in [1.165, 1.54) is 6.20 Å². The van der Waals surface area contributed by atoms with Crippen molar-refractivity contribution in [3.05, 3.63) is 41.9 Å². The zero-order valence-corrected chi connectivity index (χ0v) is 13.7. The van der Waals surface area contributed by atoms with Crippen molar-refractivity contribution in [3.8, 4) is 11.5 Å². The van der Waals surface area contributed by atoms with Crippen molar-refractivity contribution in [1.82, 2.24) is 15.3 Å². The number of nitrogens with one attached hydrogen (secondary N) is 2. The molecule has 7 nitrogen and oxygen atoms in total. The van der Waals surface area contributed by atoms with Crippen LogP contribution in [0.3, 0.4) is 0 Å². The summed E-state index contributed by atoms with van der Waals surface area (Å²) in [6.45, 7) is 4.76. The number of carbonyl (C=O) groups is 1. The third kappa shape index (κ3) is 3.73. The molecule has 0 bridgehead atoms. The van der Waals surface area contributed by atoms with E-state index in [9.17, 15) is 4.79 Å². The maximum absolute atomic E-state index is 12.2. The summed E-state index contributed by atoms with van der Waals surface area (Å²) in [6.07, 6.45) is 4.03. The van der Waals surface area contributed by atoms with Crippen LogP contribution in [0, 0.1) is 0 Å². The average molecular weight is 328 g/mol. The molecular weight excluding hydrogens is 308 g/mol. The van der Waals surface area contributed by atoms with Crippen LogP contribution in [0.4, 0.5) is 5.82 Å². The van der Waals surface area contributed by atoms with Crippen LogP contribution in [-0.2, 0) is 6.54 Å². The van der Waals surface area contributed by atoms with E-state index < -0.39 is 0 Å². The van der Waals surface area contributed by atoms with Gasteiger partial charge in [-0.1, -0.05) is 13.0 Å². The first-order chi connectivity index (χ1) is 11.7. The summed E-state index contributed by atoms with van der Waals surface area (Å²) >= 11 is 0. The average Bonchev–Trinajstić information content (AvgIpc) is 3.08. The second kappa shape index (κ2) is 7.16. The molecule has 1 amide bonds. The van der Waals surface area contributed by atoms with E-state index in [-0.39, 0.29) is 18.4 Å². The van der Waals surface area contributed by atoms with Gasteiger partial charge in [-0.3, -0.25) is 4.79 Å². The largest absolute Gasteiger partial charge is 0.454 e. The van der Waals surface area contributed by atoms with Crippen LogP contribution < -0.4 is 20.1 Å². The first-order valence-electron chi connectivity index (χ1n) is 7.91. The monoisotopic (exact) mass is 328 g/mol. The van der Waals surface area contributed by atoms with Crippen molar-refractivity contribution in [2.45, 2.75) is 32.9 Å². The lowest BCUT2D eigenvalue weighted by molar-refractivity contribution is 0.0945. The molecule has 2 N–H and O–H groups in total. The molecule has 2 heterocycles. The third-order valence-corrected chi connectivity index (χ3v) is 3.78. The molecule has 1 aromatic heterocycles. The van der Waals surface area contributed by atoms with E-state index in [0.717, 1.165) is 17.7 Å². The van der Waals surface area contributed by atoms with Crippen LogP contribution in [0.15, 0.2) is 30.6 Å². The summed E-state index contributed by atoms with van der Waals surface area (Å²) in [5, 5.41) is 6.03. The molecule has 2 aromatic rings. The minimum atomic E-state index is -0.268. The highest BCUT2D eigenvalue weighted by Crippen LogP contribution is 2.32. The Kier molecular flexibility index (Phi) is 4.79. The summed E-state index contributed by atoms with van der Waals surface area (Å²) in [5.41, 5.74) is 1.21. The Hall–Kier alpha value is -2.83. The summed E-state index contributed by atoms with van der Waals surface area (Å²) < 4.78 is 10.6. The second-order valence-corrected chi connectivity index (χ2v) is 5.61. The molecule has 1 unspecified atom stereocenters. The van der Waals surface area contributed by atoms with E-state index in [2.05, 4.69) is 34.4 Å². The highest BCUT2D eigenvalue weighted by atomic mass is 16.7. The Labute approximate surface area is 140 Å². The number of benzene rings is 1. The van der Waals surface area contributed by atoms with E-state index in [4.69, 9.17) is 9.47 Å². The van der Waals surface area contributed by atoms with E-state index in [1.54, 1.807) is 6.20 Å². The van der Waals surface area contributed by atoms with E-state index in [1.807, 2.05) is 18.2 Å². The number of carbonyl (C=O) groups excluding carboxylic acids is 1. The minimum Gasteiger partial charge on any atom is -0.454 e. The predicted molar refractivity (Wildman–Crippen MR) is 89.1 cm³/mol. The van der Waals surface area contributed by atoms with Crippen molar-refractivity contribution in [1.29, 1.82) is 0 Å². The zero-order valence-electron chi connectivity index (χ0n) is 13.7. The number of hydrogen-bond acceptors (Lipinski definition) is 6. The normalized spacial score (nSPS) is 13.4. The van der Waals surface area contributed by atoms with Crippen molar-refractivity contribution in [2.75, 3.05) is 12.1 Å². The molecule has 126 valence electrons. The van der Waals surface area contributed by atoms with E-state index in [0.29, 0.717) is 24.2 Å². The van der Waals surface area contributed by atoms with Crippen LogP contribution in [-0.4, -0.2) is 28.7 Å². The number of aromatic nitrogens is 2. The Bertz CT molecular complexity index is 718. The molecule has 1 aliphatic rings. The molecule has 7 heteroatoms. The Balaban J connectivity index is 1.57. The van der Waals surface area contributed by atoms with Gasteiger partial charge >= 0.3 is 0 Å². The lowest BCUT2D eigenvalue weighted by atomic mass is 10.2. The van der Waals surface area contributed by atoms with Gasteiger partial charge in [-0.25, -0.2) is 9.97 Å². The first-order valence-corrected chi connectivity index (χ1v) is 7.91. The number of anilines is 1. The highest BCUT2D eigenvalue weighted by Gasteiger charge is 2.14. The number of rotatable bonds is 6. The fraction of sp³-hybridized carbons (Fsp3) is 0.353. The quantitative estimate of drug-likeness (QED) is 0.846. The summed E-state index contributed by atoms with van der Waals surface area (Å²) in [7, 11) is 0. The Morgan fingerprint density at radius 2 is 2.08 bits per heavy atom. The Morgan fingerprint density at radius 1 is 1.25 bits per heavy atom. The van der Waals surface area contributed by atoms with Gasteiger partial charge in [0.25, 0.3) is 5.91 Å². The van der Waals surface area contributed by atoms with Gasteiger partial charge in [-0.05, 0) is 31.0 Å². The zero-order chi connectivity index (χ0) is 16.9. The third-order valence-electron chi connectivity index (χ3n) is 3.78. The van der Waals surface area contributed by atoms with Crippen LogP contribution in [0.5, 0.6) is 11.5 Å². The van der Waals surface area contributed by atoms with Crippen molar-refractivity contribution in [2.24, 2.45) is 0 Å². The summed E-state index contributed by atoms with van der Waals surface area (Å²) in [6, 6.07) is 5.88. The summed E-state index contributed by atoms with van der Waals surface area (Å²) in [5.74, 6) is 1.81. The smallest absolute Gasteiger partial charge is 0.271 e. The number of amides is 1. The molecule has 1 aromatic carbocycles. The molecule has 0 saturated heterocycles. The van der Waals surface area contributed by atoms with Crippen LogP contribution >= 0.6 is 0 Å². The number of hydrogen-bond donors (Lipinski definition) is 2. The van der Waals surface area contributed by atoms with Gasteiger partial charge in [-0.2, -0.15) is 0 Å². The topological polar surface area (TPSA) is 85.4 Å². The standard InChI is InChI=1S/C17H20N4O3/c1-3-11(2)21-16-9-18-13(8-19-16)17(22)20-7-12-4-5-14-15(6-12)24-10-23-14/h4-6,8-9,11H,3,7,10H2,1-2H3,(H,19,21)(H,20,22). The first kappa shape index (κ1) is 16.0. The highest BCUT2D eigenvalue weighted by molar-refractivity contribution is 5.91. The fourth-order valence-electron chi connectivity index (χ4n) is 2.20. The van der Waals surface area contributed by atoms with E-state index >= 15 is 0 Å². The fourth-order valence-corrected chi connectivity index (χ4v) is 2.20. The lowest BCUT2D eigenvalue weighted by Gasteiger charge is -2.11. The number of ether oxygens (including phenoxy) is 2. The molecule has 0 spiro atoms. The molecule has 0 saturated carbocycles.